The van der Waals surface area contributed by atoms with E-state index in [0.29, 0.717) is 6.54 Å². The van der Waals surface area contributed by atoms with Crippen molar-refractivity contribution in [3.63, 3.8) is 0 Å². The normalized spacial score (nSPS) is 11.8. The van der Waals surface area contributed by atoms with Crippen molar-refractivity contribution in [3.8, 4) is 0 Å². The molecule has 0 aliphatic carbocycles. The lowest BCUT2D eigenvalue weighted by atomic mass is 10.0. The van der Waals surface area contributed by atoms with Crippen LogP contribution in [-0.4, -0.2) is 28.2 Å². The second-order valence-corrected chi connectivity index (χ2v) is 6.96. The fourth-order valence-electron chi connectivity index (χ4n) is 2.44. The van der Waals surface area contributed by atoms with Crippen molar-refractivity contribution in [2.45, 2.75) is 39.7 Å². The number of amides is 1. The minimum Gasteiger partial charge on any atom is -0.465 e. The molecular formula is C16H21NO2S. The second kappa shape index (κ2) is 5.44. The Kier molecular flexibility index (Phi) is 4.04. The van der Waals surface area contributed by atoms with Gasteiger partial charge in [-0.15, -0.1) is 11.3 Å². The molecule has 4 heteroatoms. The molecular weight excluding hydrogens is 270 g/mol. The topological polar surface area (TPSA) is 40.5 Å². The summed E-state index contributed by atoms with van der Waals surface area (Å²) in [5.74, 6) is 0. The first-order chi connectivity index (χ1) is 9.30. The molecule has 0 unspecified atom stereocenters. The minimum atomic E-state index is -0.854. The number of nitrogens with zero attached hydrogens (tertiary/aromatic N) is 1. The molecule has 0 aliphatic heterocycles. The van der Waals surface area contributed by atoms with Crippen molar-refractivity contribution in [1.29, 1.82) is 0 Å². The Morgan fingerprint density at radius 3 is 2.60 bits per heavy atom. The van der Waals surface area contributed by atoms with Crippen LogP contribution in [0.4, 0.5) is 4.79 Å². The first-order valence-electron chi connectivity index (χ1n) is 6.77. The van der Waals surface area contributed by atoms with Gasteiger partial charge in [0.05, 0.1) is 0 Å². The molecule has 0 fully saturated rings. The van der Waals surface area contributed by atoms with Gasteiger partial charge in [-0.2, -0.15) is 0 Å². The number of carbonyl (C=O) groups is 1. The number of carboxylic acid groups (broad SMARTS) is 1. The van der Waals surface area contributed by atoms with Crippen molar-refractivity contribution in [2.75, 3.05) is 6.54 Å². The van der Waals surface area contributed by atoms with E-state index in [9.17, 15) is 9.90 Å². The highest BCUT2D eigenvalue weighted by Crippen LogP contribution is 2.27. The molecule has 1 N–H and O–H groups in total. The molecule has 1 amide bonds. The lowest BCUT2D eigenvalue weighted by molar-refractivity contribution is 0.101. The molecule has 0 bridgehead atoms. The van der Waals surface area contributed by atoms with E-state index in [-0.39, 0.29) is 5.54 Å². The van der Waals surface area contributed by atoms with Gasteiger partial charge in [0.2, 0.25) is 0 Å². The molecule has 0 aliphatic rings. The van der Waals surface area contributed by atoms with Crippen LogP contribution >= 0.6 is 11.3 Å². The molecule has 1 aromatic carbocycles. The Bertz CT molecular complexity index is 625. The maximum atomic E-state index is 11.4. The Balaban J connectivity index is 2.20. The molecule has 0 atom stereocenters. The number of thiophene rings is 1. The van der Waals surface area contributed by atoms with E-state index in [0.717, 1.165) is 6.42 Å². The molecule has 3 nitrogen and oxygen atoms in total. The van der Waals surface area contributed by atoms with Crippen LogP contribution in [0.3, 0.4) is 0 Å². The average Bonchev–Trinajstić information content (AvgIpc) is 2.79. The summed E-state index contributed by atoms with van der Waals surface area (Å²) in [5, 5.41) is 12.7. The van der Waals surface area contributed by atoms with Crippen molar-refractivity contribution in [3.05, 3.63) is 34.7 Å². The third kappa shape index (κ3) is 2.96. The van der Waals surface area contributed by atoms with Crippen LogP contribution in [0.1, 0.15) is 31.9 Å². The number of rotatable bonds is 3. The zero-order chi connectivity index (χ0) is 14.9. The summed E-state index contributed by atoms with van der Waals surface area (Å²) in [7, 11) is 0. The number of hydrogen-bond donors (Lipinski definition) is 1. The summed E-state index contributed by atoms with van der Waals surface area (Å²) < 4.78 is 1.31. The highest BCUT2D eigenvalue weighted by molar-refractivity contribution is 7.17. The summed E-state index contributed by atoms with van der Waals surface area (Å²) in [6, 6.07) is 6.36. The maximum Gasteiger partial charge on any atom is 0.407 e. The van der Waals surface area contributed by atoms with Crippen LogP contribution in [-0.2, 0) is 6.42 Å². The molecule has 2 aromatic rings. The number of aryl methyl sites for hydroxylation is 1. The molecule has 2 rings (SSSR count). The van der Waals surface area contributed by atoms with Gasteiger partial charge >= 0.3 is 6.09 Å². The van der Waals surface area contributed by atoms with Gasteiger partial charge in [0.15, 0.2) is 0 Å². The summed E-state index contributed by atoms with van der Waals surface area (Å²) in [4.78, 5) is 12.9. The predicted octanol–water partition coefficient (Wildman–Crippen LogP) is 4.53. The minimum absolute atomic E-state index is 0.368. The Labute approximate surface area is 123 Å². The van der Waals surface area contributed by atoms with E-state index in [2.05, 4.69) is 30.5 Å². The maximum absolute atomic E-state index is 11.4. The number of hydrogen-bond acceptors (Lipinski definition) is 2. The van der Waals surface area contributed by atoms with E-state index >= 15 is 0 Å². The van der Waals surface area contributed by atoms with Crippen LogP contribution in [0.5, 0.6) is 0 Å². The molecule has 0 saturated heterocycles. The van der Waals surface area contributed by atoms with Crippen LogP contribution < -0.4 is 0 Å². The first kappa shape index (κ1) is 14.9. The van der Waals surface area contributed by atoms with Crippen LogP contribution in [0.2, 0.25) is 0 Å². The SMILES string of the molecule is Cc1c(CCN(C(=O)O)C(C)(C)C)ccc2ccsc12. The fraction of sp³-hybridized carbons (Fsp3) is 0.438. The number of benzene rings is 1. The summed E-state index contributed by atoms with van der Waals surface area (Å²) in [6.07, 6.45) is -0.101. The van der Waals surface area contributed by atoms with E-state index < -0.39 is 6.09 Å². The van der Waals surface area contributed by atoms with Gasteiger partial charge in [-0.05, 0) is 62.1 Å². The fourth-order valence-corrected chi connectivity index (χ4v) is 3.37. The van der Waals surface area contributed by atoms with E-state index in [1.807, 2.05) is 20.8 Å². The predicted molar refractivity (Wildman–Crippen MR) is 84.7 cm³/mol. The van der Waals surface area contributed by atoms with E-state index in [1.165, 1.54) is 26.1 Å². The van der Waals surface area contributed by atoms with Gasteiger partial charge in [-0.25, -0.2) is 4.79 Å². The van der Waals surface area contributed by atoms with Crippen molar-refractivity contribution >= 4 is 27.5 Å². The Morgan fingerprint density at radius 2 is 2.00 bits per heavy atom. The lowest BCUT2D eigenvalue weighted by Gasteiger charge is -2.33. The van der Waals surface area contributed by atoms with Crippen LogP contribution in [0.15, 0.2) is 23.6 Å². The third-order valence-corrected chi connectivity index (χ3v) is 4.68. The van der Waals surface area contributed by atoms with E-state index in [4.69, 9.17) is 0 Å². The Hall–Kier alpha value is -1.55. The average molecular weight is 291 g/mol. The molecule has 0 spiro atoms. The van der Waals surface area contributed by atoms with Gasteiger partial charge < -0.3 is 10.0 Å². The second-order valence-electron chi connectivity index (χ2n) is 6.04. The van der Waals surface area contributed by atoms with Crippen molar-refractivity contribution in [1.82, 2.24) is 4.90 Å². The largest absolute Gasteiger partial charge is 0.465 e. The zero-order valence-electron chi connectivity index (χ0n) is 12.4. The third-order valence-electron chi connectivity index (χ3n) is 3.63. The van der Waals surface area contributed by atoms with Gasteiger partial charge in [-0.3, -0.25) is 0 Å². The zero-order valence-corrected chi connectivity index (χ0v) is 13.3. The smallest absolute Gasteiger partial charge is 0.407 e. The molecule has 1 aromatic heterocycles. The lowest BCUT2D eigenvalue weighted by Crippen LogP contribution is -2.46. The van der Waals surface area contributed by atoms with Gasteiger partial charge in [-0.1, -0.05) is 12.1 Å². The number of fused-ring (bicyclic) bond motifs is 1. The van der Waals surface area contributed by atoms with Gasteiger partial charge in [0, 0.05) is 16.8 Å². The Morgan fingerprint density at radius 1 is 1.30 bits per heavy atom. The van der Waals surface area contributed by atoms with Gasteiger partial charge in [0.25, 0.3) is 0 Å². The van der Waals surface area contributed by atoms with Gasteiger partial charge in [0.1, 0.15) is 0 Å². The first-order valence-corrected chi connectivity index (χ1v) is 7.65. The molecule has 108 valence electrons. The van der Waals surface area contributed by atoms with Crippen molar-refractivity contribution < 1.29 is 9.90 Å². The standard InChI is InChI=1S/C16H21NO2S/c1-11-12(5-6-13-8-10-20-14(11)13)7-9-17(15(18)19)16(2,3)4/h5-6,8,10H,7,9H2,1-4H3,(H,18,19). The monoisotopic (exact) mass is 291 g/mol. The molecule has 1 heterocycles. The highest BCUT2D eigenvalue weighted by Gasteiger charge is 2.25. The summed E-state index contributed by atoms with van der Waals surface area (Å²) >= 11 is 1.74. The van der Waals surface area contributed by atoms with E-state index in [1.54, 1.807) is 11.3 Å². The molecule has 20 heavy (non-hydrogen) atoms. The van der Waals surface area contributed by atoms with Crippen LogP contribution in [0, 0.1) is 6.92 Å². The highest BCUT2D eigenvalue weighted by atomic mass is 32.1. The summed E-state index contributed by atoms with van der Waals surface area (Å²) in [5.41, 5.74) is 2.14. The quantitative estimate of drug-likeness (QED) is 0.902. The molecule has 0 radical (unpaired) electrons. The molecule has 0 saturated carbocycles. The summed E-state index contributed by atoms with van der Waals surface area (Å²) in [6.45, 7) is 8.43. The van der Waals surface area contributed by atoms with Crippen molar-refractivity contribution in [2.24, 2.45) is 0 Å². The van der Waals surface area contributed by atoms with Crippen LogP contribution in [0.25, 0.3) is 10.1 Å².